The minimum atomic E-state index is -0.382. The summed E-state index contributed by atoms with van der Waals surface area (Å²) >= 11 is 0. The lowest BCUT2D eigenvalue weighted by atomic mass is 9.96. The van der Waals surface area contributed by atoms with Gasteiger partial charge in [0, 0.05) is 17.6 Å². The van der Waals surface area contributed by atoms with E-state index in [2.05, 4.69) is 21.7 Å². The van der Waals surface area contributed by atoms with E-state index in [9.17, 15) is 4.79 Å². The van der Waals surface area contributed by atoms with Gasteiger partial charge in [0.15, 0.2) is 5.96 Å². The van der Waals surface area contributed by atoms with Gasteiger partial charge in [0.2, 0.25) is 5.91 Å². The van der Waals surface area contributed by atoms with E-state index in [0.717, 1.165) is 5.69 Å². The molecule has 0 spiro atoms. The molecule has 0 saturated heterocycles. The van der Waals surface area contributed by atoms with E-state index in [1.165, 1.54) is 11.1 Å². The van der Waals surface area contributed by atoms with Crippen LogP contribution in [0.15, 0.2) is 23.2 Å². The molecule has 0 unspecified atom stereocenters. The van der Waals surface area contributed by atoms with Gasteiger partial charge < -0.3 is 16.4 Å². The Labute approximate surface area is 150 Å². The molecule has 4 N–H and O–H groups in total. The second kappa shape index (κ2) is 8.97. The Morgan fingerprint density at radius 1 is 1.18 bits per heavy atom. The van der Waals surface area contributed by atoms with Crippen LogP contribution in [-0.2, 0) is 4.79 Å². The molecule has 0 aliphatic rings. The molecular formula is C16H27IN4O. The van der Waals surface area contributed by atoms with Crippen LogP contribution >= 0.6 is 24.0 Å². The molecule has 1 aromatic rings. The molecule has 1 aromatic carbocycles. The summed E-state index contributed by atoms with van der Waals surface area (Å²) in [5.41, 5.74) is 8.71. The quantitative estimate of drug-likeness (QED) is 0.305. The number of halogens is 1. The molecule has 0 aliphatic heterocycles. The fourth-order valence-corrected chi connectivity index (χ4v) is 1.85. The molecule has 0 saturated carbocycles. The number of anilines is 1. The fraction of sp³-hybridized carbons (Fsp3) is 0.500. The molecule has 6 heteroatoms. The second-order valence-electron chi connectivity index (χ2n) is 6.27. The predicted octanol–water partition coefficient (Wildman–Crippen LogP) is 2.81. The van der Waals surface area contributed by atoms with Gasteiger partial charge in [-0.3, -0.25) is 9.79 Å². The number of hydrogen-bond acceptors (Lipinski definition) is 2. The number of aliphatic imine (C=N–C) groups is 1. The van der Waals surface area contributed by atoms with E-state index < -0.39 is 0 Å². The zero-order valence-corrected chi connectivity index (χ0v) is 16.3. The number of nitrogens with zero attached hydrogens (tertiary/aromatic N) is 1. The highest BCUT2D eigenvalue weighted by Crippen LogP contribution is 2.13. The molecule has 124 valence electrons. The Kier molecular flexibility index (Phi) is 8.44. The number of aryl methyl sites for hydroxylation is 2. The van der Waals surface area contributed by atoms with Crippen molar-refractivity contribution < 1.29 is 4.79 Å². The fourth-order valence-electron chi connectivity index (χ4n) is 1.85. The number of hydrogen-bond donors (Lipinski definition) is 3. The number of carbonyl (C=O) groups excluding carboxylic acids is 1. The average molecular weight is 418 g/mol. The highest BCUT2D eigenvalue weighted by atomic mass is 127. The van der Waals surface area contributed by atoms with Crippen molar-refractivity contribution in [3.8, 4) is 0 Å². The summed E-state index contributed by atoms with van der Waals surface area (Å²) in [6.45, 7) is 10.6. The first-order valence-corrected chi connectivity index (χ1v) is 7.12. The molecule has 1 rings (SSSR count). The van der Waals surface area contributed by atoms with Crippen LogP contribution < -0.4 is 16.4 Å². The molecule has 0 atom stereocenters. The van der Waals surface area contributed by atoms with Gasteiger partial charge in [0.1, 0.15) is 0 Å². The molecule has 1 amide bonds. The van der Waals surface area contributed by atoms with E-state index in [0.29, 0.717) is 19.0 Å². The number of nitrogens with two attached hydrogens (primary N) is 1. The van der Waals surface area contributed by atoms with Crippen LogP contribution in [0.3, 0.4) is 0 Å². The van der Waals surface area contributed by atoms with Crippen molar-refractivity contribution in [2.24, 2.45) is 16.1 Å². The molecule has 0 radical (unpaired) electrons. The monoisotopic (exact) mass is 418 g/mol. The predicted molar refractivity (Wildman–Crippen MR) is 104 cm³/mol. The summed E-state index contributed by atoms with van der Waals surface area (Å²) in [7, 11) is 0. The highest BCUT2D eigenvalue weighted by Gasteiger charge is 2.19. The lowest BCUT2D eigenvalue weighted by Crippen LogP contribution is -2.36. The first-order chi connectivity index (χ1) is 9.68. The number of rotatable bonds is 4. The summed E-state index contributed by atoms with van der Waals surface area (Å²) in [5, 5.41) is 5.89. The standard InChI is InChI=1S/C16H26N4O.HI/c1-11-8-12(2)10-13(9-11)20-15(17)19-7-6-18-14(21)16(3,4)5;/h8-10H,6-7H2,1-5H3,(H,18,21)(H3,17,19,20);1H. The van der Waals surface area contributed by atoms with E-state index in [-0.39, 0.29) is 35.3 Å². The van der Waals surface area contributed by atoms with Gasteiger partial charge in [-0.2, -0.15) is 0 Å². The lowest BCUT2D eigenvalue weighted by molar-refractivity contribution is -0.128. The Bertz CT molecular complexity index is 515. The van der Waals surface area contributed by atoms with Crippen LogP contribution in [0.1, 0.15) is 31.9 Å². The van der Waals surface area contributed by atoms with Gasteiger partial charge in [-0.1, -0.05) is 26.8 Å². The van der Waals surface area contributed by atoms with Crippen molar-refractivity contribution in [1.29, 1.82) is 0 Å². The topological polar surface area (TPSA) is 79.5 Å². The third kappa shape index (κ3) is 7.63. The van der Waals surface area contributed by atoms with Crippen molar-refractivity contribution >= 4 is 41.5 Å². The van der Waals surface area contributed by atoms with E-state index in [4.69, 9.17) is 5.73 Å². The normalized spacial score (nSPS) is 11.6. The minimum absolute atomic E-state index is 0. The molecular weight excluding hydrogens is 391 g/mol. The maximum atomic E-state index is 11.7. The van der Waals surface area contributed by atoms with Crippen molar-refractivity contribution in [2.75, 3.05) is 18.4 Å². The van der Waals surface area contributed by atoms with Gasteiger partial charge in [0.25, 0.3) is 0 Å². The second-order valence-corrected chi connectivity index (χ2v) is 6.27. The van der Waals surface area contributed by atoms with Crippen LogP contribution in [0.2, 0.25) is 0 Å². The molecule has 0 heterocycles. The Balaban J connectivity index is 0.00000441. The number of carbonyl (C=O) groups is 1. The Morgan fingerprint density at radius 2 is 1.73 bits per heavy atom. The van der Waals surface area contributed by atoms with E-state index in [1.54, 1.807) is 0 Å². The third-order valence-corrected chi connectivity index (χ3v) is 2.85. The molecule has 0 aliphatic carbocycles. The molecule has 0 fully saturated rings. The van der Waals surface area contributed by atoms with Gasteiger partial charge >= 0.3 is 0 Å². The Hall–Kier alpha value is -1.31. The molecule has 0 aromatic heterocycles. The van der Waals surface area contributed by atoms with Gasteiger partial charge in [0.05, 0.1) is 6.54 Å². The summed E-state index contributed by atoms with van der Waals surface area (Å²) in [6.07, 6.45) is 0. The first kappa shape index (κ1) is 20.7. The van der Waals surface area contributed by atoms with E-state index >= 15 is 0 Å². The van der Waals surface area contributed by atoms with Crippen LogP contribution in [0, 0.1) is 19.3 Å². The Morgan fingerprint density at radius 3 is 2.23 bits per heavy atom. The summed E-state index contributed by atoms with van der Waals surface area (Å²) in [5.74, 6) is 0.364. The smallest absolute Gasteiger partial charge is 0.225 e. The third-order valence-electron chi connectivity index (χ3n) is 2.85. The van der Waals surface area contributed by atoms with Crippen LogP contribution in [0.4, 0.5) is 5.69 Å². The van der Waals surface area contributed by atoms with Crippen LogP contribution in [-0.4, -0.2) is 25.0 Å². The van der Waals surface area contributed by atoms with Crippen molar-refractivity contribution in [2.45, 2.75) is 34.6 Å². The number of benzene rings is 1. The molecule has 22 heavy (non-hydrogen) atoms. The zero-order valence-electron chi connectivity index (χ0n) is 14.0. The van der Waals surface area contributed by atoms with E-state index in [1.807, 2.05) is 46.8 Å². The molecule has 5 nitrogen and oxygen atoms in total. The van der Waals surface area contributed by atoms with Gasteiger partial charge in [-0.05, 0) is 37.1 Å². The van der Waals surface area contributed by atoms with Crippen molar-refractivity contribution in [1.82, 2.24) is 5.32 Å². The molecule has 0 bridgehead atoms. The largest absolute Gasteiger partial charge is 0.370 e. The highest BCUT2D eigenvalue weighted by molar-refractivity contribution is 14.0. The lowest BCUT2D eigenvalue weighted by Gasteiger charge is -2.17. The first-order valence-electron chi connectivity index (χ1n) is 7.12. The summed E-state index contributed by atoms with van der Waals surface area (Å²) in [4.78, 5) is 15.9. The summed E-state index contributed by atoms with van der Waals surface area (Å²) < 4.78 is 0. The summed E-state index contributed by atoms with van der Waals surface area (Å²) in [6, 6.07) is 6.12. The van der Waals surface area contributed by atoms with Crippen LogP contribution in [0.5, 0.6) is 0 Å². The average Bonchev–Trinajstić information content (AvgIpc) is 2.31. The van der Waals surface area contributed by atoms with Gasteiger partial charge in [-0.15, -0.1) is 24.0 Å². The number of nitrogens with one attached hydrogen (secondary N) is 2. The number of guanidine groups is 1. The van der Waals surface area contributed by atoms with Crippen LogP contribution in [0.25, 0.3) is 0 Å². The van der Waals surface area contributed by atoms with Crippen molar-refractivity contribution in [3.63, 3.8) is 0 Å². The van der Waals surface area contributed by atoms with Gasteiger partial charge in [-0.25, -0.2) is 0 Å². The van der Waals surface area contributed by atoms with Crippen molar-refractivity contribution in [3.05, 3.63) is 29.3 Å². The maximum Gasteiger partial charge on any atom is 0.225 e. The number of amides is 1. The SMILES string of the molecule is Cc1cc(C)cc(NC(N)=NCCNC(=O)C(C)(C)C)c1.I. The maximum absolute atomic E-state index is 11.7. The zero-order chi connectivity index (χ0) is 16.0. The minimum Gasteiger partial charge on any atom is -0.370 e.